The summed E-state index contributed by atoms with van der Waals surface area (Å²) in [5, 5.41) is 10.8. The van der Waals surface area contributed by atoms with E-state index in [0.717, 1.165) is 38.0 Å². The van der Waals surface area contributed by atoms with Gasteiger partial charge in [-0.25, -0.2) is 4.39 Å². The summed E-state index contributed by atoms with van der Waals surface area (Å²) in [6, 6.07) is 5.07. The van der Waals surface area contributed by atoms with Gasteiger partial charge in [0.05, 0.1) is 5.60 Å². The average molecular weight is 250 g/mol. The maximum Gasteiger partial charge on any atom is 0.126 e. The number of fused-ring (bicyclic) bond motifs is 1. The van der Waals surface area contributed by atoms with E-state index in [9.17, 15) is 9.50 Å². The van der Waals surface area contributed by atoms with Crippen LogP contribution in [0.1, 0.15) is 36.8 Å². The molecule has 1 N–H and O–H groups in total. The van der Waals surface area contributed by atoms with Gasteiger partial charge in [-0.3, -0.25) is 0 Å². The van der Waals surface area contributed by atoms with Crippen LogP contribution in [0.2, 0.25) is 0 Å². The minimum Gasteiger partial charge on any atom is -0.385 e. The van der Waals surface area contributed by atoms with Crippen LogP contribution in [0.5, 0.6) is 0 Å². The number of hydrogen-bond donors (Lipinski definition) is 1. The molecule has 1 aromatic carbocycles. The second-order valence-electron chi connectivity index (χ2n) is 5.56. The predicted molar refractivity (Wildman–Crippen MR) is 66.8 cm³/mol. The lowest BCUT2D eigenvalue weighted by molar-refractivity contribution is -0.0144. The minimum atomic E-state index is -0.820. The molecule has 1 saturated heterocycles. The Bertz CT molecular complexity index is 440. The zero-order chi connectivity index (χ0) is 12.6. The largest absolute Gasteiger partial charge is 0.385 e. The quantitative estimate of drug-likeness (QED) is 0.874. The standard InChI is InChI=1S/C15H19FO2/c16-14-3-1-2-13-12(14)4-7-15(13,17)10-11-5-8-18-9-6-11/h1-3,11,17H,4-10H2. The summed E-state index contributed by atoms with van der Waals surface area (Å²) in [6.07, 6.45) is 4.06. The van der Waals surface area contributed by atoms with Gasteiger partial charge in [-0.15, -0.1) is 0 Å². The molecule has 0 spiro atoms. The normalized spacial score (nSPS) is 28.3. The molecule has 1 atom stereocenters. The van der Waals surface area contributed by atoms with Crippen LogP contribution in [0.15, 0.2) is 18.2 Å². The lowest BCUT2D eigenvalue weighted by Crippen LogP contribution is -2.29. The van der Waals surface area contributed by atoms with Crippen molar-refractivity contribution in [1.29, 1.82) is 0 Å². The topological polar surface area (TPSA) is 29.5 Å². The van der Waals surface area contributed by atoms with Crippen molar-refractivity contribution >= 4 is 0 Å². The molecule has 98 valence electrons. The number of halogens is 1. The van der Waals surface area contributed by atoms with Crippen LogP contribution < -0.4 is 0 Å². The van der Waals surface area contributed by atoms with E-state index in [0.29, 0.717) is 24.3 Å². The van der Waals surface area contributed by atoms with Gasteiger partial charge in [-0.1, -0.05) is 12.1 Å². The summed E-state index contributed by atoms with van der Waals surface area (Å²) in [7, 11) is 0. The number of rotatable bonds is 2. The molecule has 3 rings (SSSR count). The minimum absolute atomic E-state index is 0.171. The maximum atomic E-state index is 13.7. The lowest BCUT2D eigenvalue weighted by Gasteiger charge is -2.31. The molecule has 1 aromatic rings. The Morgan fingerprint density at radius 3 is 2.89 bits per heavy atom. The Balaban J connectivity index is 1.82. The first-order valence-corrected chi connectivity index (χ1v) is 6.77. The molecule has 0 amide bonds. The third kappa shape index (κ3) is 2.06. The molecular formula is C15H19FO2. The van der Waals surface area contributed by atoms with Gasteiger partial charge in [0.15, 0.2) is 0 Å². The first kappa shape index (κ1) is 12.1. The molecule has 1 aliphatic heterocycles. The van der Waals surface area contributed by atoms with Crippen LogP contribution in [0.3, 0.4) is 0 Å². The molecule has 2 aliphatic rings. The van der Waals surface area contributed by atoms with Crippen molar-refractivity contribution in [2.45, 2.75) is 37.7 Å². The van der Waals surface area contributed by atoms with Crippen LogP contribution in [0.25, 0.3) is 0 Å². The second kappa shape index (κ2) is 4.63. The first-order valence-electron chi connectivity index (χ1n) is 6.77. The van der Waals surface area contributed by atoms with Crippen molar-refractivity contribution in [3.63, 3.8) is 0 Å². The summed E-state index contributed by atoms with van der Waals surface area (Å²) < 4.78 is 19.0. The van der Waals surface area contributed by atoms with Crippen molar-refractivity contribution in [3.8, 4) is 0 Å². The summed E-state index contributed by atoms with van der Waals surface area (Å²) >= 11 is 0. The van der Waals surface area contributed by atoms with E-state index in [4.69, 9.17) is 4.74 Å². The van der Waals surface area contributed by atoms with Crippen LogP contribution in [0, 0.1) is 11.7 Å². The number of hydrogen-bond acceptors (Lipinski definition) is 2. The molecule has 1 aliphatic carbocycles. The van der Waals surface area contributed by atoms with Crippen molar-refractivity contribution in [2.24, 2.45) is 5.92 Å². The highest BCUT2D eigenvalue weighted by molar-refractivity contribution is 5.38. The second-order valence-corrected chi connectivity index (χ2v) is 5.56. The van der Waals surface area contributed by atoms with Crippen molar-refractivity contribution in [1.82, 2.24) is 0 Å². The third-order valence-corrected chi connectivity index (χ3v) is 4.38. The fraction of sp³-hybridized carbons (Fsp3) is 0.600. The summed E-state index contributed by atoms with van der Waals surface area (Å²) in [5.41, 5.74) is 0.709. The molecule has 2 nitrogen and oxygen atoms in total. The van der Waals surface area contributed by atoms with Crippen molar-refractivity contribution < 1.29 is 14.2 Å². The van der Waals surface area contributed by atoms with Crippen LogP contribution in [-0.4, -0.2) is 18.3 Å². The molecule has 18 heavy (non-hydrogen) atoms. The Morgan fingerprint density at radius 2 is 2.11 bits per heavy atom. The highest BCUT2D eigenvalue weighted by Gasteiger charge is 2.39. The smallest absolute Gasteiger partial charge is 0.126 e. The molecule has 1 unspecified atom stereocenters. The molecular weight excluding hydrogens is 231 g/mol. The van der Waals surface area contributed by atoms with E-state index in [1.54, 1.807) is 6.07 Å². The molecule has 0 saturated carbocycles. The van der Waals surface area contributed by atoms with Crippen molar-refractivity contribution in [2.75, 3.05) is 13.2 Å². The first-order chi connectivity index (χ1) is 8.69. The molecule has 0 radical (unpaired) electrons. The van der Waals surface area contributed by atoms with E-state index in [1.807, 2.05) is 6.07 Å². The van der Waals surface area contributed by atoms with E-state index >= 15 is 0 Å². The predicted octanol–water partition coefficient (Wildman–Crippen LogP) is 2.78. The SMILES string of the molecule is OC1(CC2CCOCC2)CCc2c(F)cccc21. The molecule has 3 heteroatoms. The van der Waals surface area contributed by atoms with E-state index < -0.39 is 5.60 Å². The van der Waals surface area contributed by atoms with Gasteiger partial charge in [-0.2, -0.15) is 0 Å². The van der Waals surface area contributed by atoms with E-state index in [-0.39, 0.29) is 5.82 Å². The van der Waals surface area contributed by atoms with Gasteiger partial charge >= 0.3 is 0 Å². The molecule has 0 bridgehead atoms. The van der Waals surface area contributed by atoms with Gasteiger partial charge in [0.1, 0.15) is 5.82 Å². The zero-order valence-corrected chi connectivity index (χ0v) is 10.5. The van der Waals surface area contributed by atoms with Gasteiger partial charge in [0.2, 0.25) is 0 Å². The number of benzene rings is 1. The lowest BCUT2D eigenvalue weighted by atomic mass is 9.82. The fourth-order valence-corrected chi connectivity index (χ4v) is 3.36. The zero-order valence-electron chi connectivity index (χ0n) is 10.5. The fourth-order valence-electron chi connectivity index (χ4n) is 3.36. The Morgan fingerprint density at radius 1 is 1.33 bits per heavy atom. The van der Waals surface area contributed by atoms with E-state index in [1.165, 1.54) is 6.07 Å². The van der Waals surface area contributed by atoms with E-state index in [2.05, 4.69) is 0 Å². The van der Waals surface area contributed by atoms with Gasteiger partial charge in [0, 0.05) is 13.2 Å². The summed E-state index contributed by atoms with van der Waals surface area (Å²) in [5.74, 6) is 0.327. The van der Waals surface area contributed by atoms with Crippen LogP contribution in [0.4, 0.5) is 4.39 Å². The van der Waals surface area contributed by atoms with Gasteiger partial charge in [0.25, 0.3) is 0 Å². The summed E-state index contributed by atoms with van der Waals surface area (Å²) in [4.78, 5) is 0. The highest BCUT2D eigenvalue weighted by Crippen LogP contribution is 2.43. The average Bonchev–Trinajstić information content (AvgIpc) is 2.70. The number of aliphatic hydroxyl groups is 1. The Labute approximate surface area is 107 Å². The third-order valence-electron chi connectivity index (χ3n) is 4.38. The summed E-state index contributed by atoms with van der Waals surface area (Å²) in [6.45, 7) is 1.58. The molecule has 0 aromatic heterocycles. The van der Waals surface area contributed by atoms with Crippen molar-refractivity contribution in [3.05, 3.63) is 35.1 Å². The highest BCUT2D eigenvalue weighted by atomic mass is 19.1. The Hall–Kier alpha value is -0.930. The van der Waals surface area contributed by atoms with Gasteiger partial charge < -0.3 is 9.84 Å². The van der Waals surface area contributed by atoms with Crippen LogP contribution >= 0.6 is 0 Å². The van der Waals surface area contributed by atoms with Crippen LogP contribution in [-0.2, 0) is 16.8 Å². The Kier molecular flexibility index (Phi) is 3.12. The molecule has 1 heterocycles. The maximum absolute atomic E-state index is 13.7. The van der Waals surface area contributed by atoms with Gasteiger partial charge in [-0.05, 0) is 55.2 Å². The number of ether oxygens (including phenoxy) is 1. The molecule has 1 fully saturated rings. The monoisotopic (exact) mass is 250 g/mol.